The number of thioether (sulfide) groups is 1. The Labute approximate surface area is 110 Å². The summed E-state index contributed by atoms with van der Waals surface area (Å²) in [6.45, 7) is 1.62. The zero-order valence-electron chi connectivity index (χ0n) is 10.1. The third-order valence-corrected chi connectivity index (χ3v) is 5.81. The number of carboxylic acids is 1. The van der Waals surface area contributed by atoms with Gasteiger partial charge < -0.3 is 10.4 Å². The molecule has 104 valence electrons. The highest BCUT2D eigenvalue weighted by molar-refractivity contribution is 8.02. The molecule has 1 saturated heterocycles. The maximum absolute atomic E-state index is 11.5. The Bertz CT molecular complexity index is 420. The van der Waals surface area contributed by atoms with Gasteiger partial charge in [0, 0.05) is 11.3 Å². The Hall–Kier alpha value is -0.760. The quantitative estimate of drug-likeness (QED) is 0.709. The number of aliphatic carboxylic acids is 1. The molecular formula is C10H17NO5S2. The van der Waals surface area contributed by atoms with E-state index in [0.717, 1.165) is 0 Å². The first-order valence-corrected chi connectivity index (χ1v) is 8.48. The third-order valence-electron chi connectivity index (χ3n) is 2.53. The summed E-state index contributed by atoms with van der Waals surface area (Å²) < 4.78 is 22.4. The van der Waals surface area contributed by atoms with Crippen molar-refractivity contribution in [3.63, 3.8) is 0 Å². The van der Waals surface area contributed by atoms with Gasteiger partial charge in [0.2, 0.25) is 5.91 Å². The van der Waals surface area contributed by atoms with Gasteiger partial charge in [-0.05, 0) is 13.3 Å². The fourth-order valence-electron chi connectivity index (χ4n) is 1.72. The third kappa shape index (κ3) is 5.72. The first kappa shape index (κ1) is 15.3. The lowest BCUT2D eigenvalue weighted by Gasteiger charge is -2.12. The highest BCUT2D eigenvalue weighted by Crippen LogP contribution is 2.23. The SMILES string of the molecule is CC(CC(=O)O)NC(=O)CSC1CCS(=O)(=O)C1. The Morgan fingerprint density at radius 1 is 1.50 bits per heavy atom. The molecule has 8 heteroatoms. The van der Waals surface area contributed by atoms with Gasteiger partial charge in [-0.3, -0.25) is 9.59 Å². The number of carbonyl (C=O) groups excluding carboxylic acids is 1. The van der Waals surface area contributed by atoms with Gasteiger partial charge in [0.05, 0.1) is 23.7 Å². The Kier molecular flexibility index (Phi) is 5.46. The zero-order chi connectivity index (χ0) is 13.8. The molecule has 18 heavy (non-hydrogen) atoms. The van der Waals surface area contributed by atoms with E-state index in [1.165, 1.54) is 11.8 Å². The molecule has 1 heterocycles. The number of sulfone groups is 1. The summed E-state index contributed by atoms with van der Waals surface area (Å²) in [6, 6.07) is -0.414. The van der Waals surface area contributed by atoms with Crippen LogP contribution < -0.4 is 5.32 Å². The van der Waals surface area contributed by atoms with Crippen LogP contribution in [0.3, 0.4) is 0 Å². The summed E-state index contributed by atoms with van der Waals surface area (Å²) in [5, 5.41) is 11.1. The Balaban J connectivity index is 2.23. The van der Waals surface area contributed by atoms with Gasteiger partial charge in [0.15, 0.2) is 9.84 Å². The number of amides is 1. The second-order valence-corrected chi connectivity index (χ2v) is 7.92. The predicted octanol–water partition coefficient (Wildman–Crippen LogP) is -0.114. The highest BCUT2D eigenvalue weighted by Gasteiger charge is 2.28. The summed E-state index contributed by atoms with van der Waals surface area (Å²) in [6.07, 6.45) is 0.471. The first-order valence-electron chi connectivity index (χ1n) is 5.61. The molecule has 0 aromatic carbocycles. The minimum atomic E-state index is -2.91. The number of hydrogen-bond donors (Lipinski definition) is 2. The van der Waals surface area contributed by atoms with Crippen LogP contribution in [0.25, 0.3) is 0 Å². The molecule has 2 atom stereocenters. The van der Waals surface area contributed by atoms with Gasteiger partial charge in [0.1, 0.15) is 0 Å². The Morgan fingerprint density at radius 2 is 2.17 bits per heavy atom. The maximum atomic E-state index is 11.5. The number of nitrogens with one attached hydrogen (secondary N) is 1. The van der Waals surface area contributed by atoms with E-state index in [1.54, 1.807) is 6.92 Å². The van der Waals surface area contributed by atoms with E-state index in [4.69, 9.17) is 5.11 Å². The van der Waals surface area contributed by atoms with Crippen LogP contribution in [-0.2, 0) is 19.4 Å². The smallest absolute Gasteiger partial charge is 0.305 e. The molecule has 0 aromatic heterocycles. The van der Waals surface area contributed by atoms with Crippen molar-refractivity contribution in [3.05, 3.63) is 0 Å². The van der Waals surface area contributed by atoms with Crippen molar-refractivity contribution < 1.29 is 23.1 Å². The highest BCUT2D eigenvalue weighted by atomic mass is 32.2. The van der Waals surface area contributed by atoms with Crippen molar-refractivity contribution in [2.24, 2.45) is 0 Å². The molecule has 0 radical (unpaired) electrons. The second kappa shape index (κ2) is 6.42. The summed E-state index contributed by atoms with van der Waals surface area (Å²) in [5.41, 5.74) is 0. The van der Waals surface area contributed by atoms with Crippen molar-refractivity contribution in [2.75, 3.05) is 17.3 Å². The summed E-state index contributed by atoms with van der Waals surface area (Å²) >= 11 is 1.32. The van der Waals surface area contributed by atoms with E-state index < -0.39 is 21.8 Å². The lowest BCUT2D eigenvalue weighted by atomic mass is 10.2. The van der Waals surface area contributed by atoms with E-state index in [1.807, 2.05) is 0 Å². The summed E-state index contributed by atoms with van der Waals surface area (Å²) in [4.78, 5) is 21.9. The summed E-state index contributed by atoms with van der Waals surface area (Å²) in [7, 11) is -2.91. The molecule has 6 nitrogen and oxygen atoms in total. The lowest BCUT2D eigenvalue weighted by molar-refractivity contribution is -0.137. The fraction of sp³-hybridized carbons (Fsp3) is 0.800. The van der Waals surface area contributed by atoms with Crippen LogP contribution in [-0.4, -0.2) is 54.0 Å². The van der Waals surface area contributed by atoms with Crippen LogP contribution in [0.5, 0.6) is 0 Å². The second-order valence-electron chi connectivity index (χ2n) is 4.40. The predicted molar refractivity (Wildman–Crippen MR) is 69.4 cm³/mol. The van der Waals surface area contributed by atoms with E-state index in [9.17, 15) is 18.0 Å². The van der Waals surface area contributed by atoms with Gasteiger partial charge in [-0.15, -0.1) is 11.8 Å². The van der Waals surface area contributed by atoms with Crippen molar-refractivity contribution in [2.45, 2.75) is 31.1 Å². The van der Waals surface area contributed by atoms with Crippen LogP contribution >= 0.6 is 11.8 Å². The molecule has 1 rings (SSSR count). The molecule has 2 unspecified atom stereocenters. The minimum absolute atomic E-state index is 0.0180. The fourth-order valence-corrected chi connectivity index (χ4v) is 5.17. The van der Waals surface area contributed by atoms with E-state index >= 15 is 0 Å². The standard InChI is InChI=1S/C10H17NO5S2/c1-7(4-10(13)14)11-9(12)5-17-8-2-3-18(15,16)6-8/h7-8H,2-6H2,1H3,(H,11,12)(H,13,14). The van der Waals surface area contributed by atoms with Gasteiger partial charge in [-0.2, -0.15) is 0 Å². The monoisotopic (exact) mass is 295 g/mol. The van der Waals surface area contributed by atoms with Crippen molar-refractivity contribution >= 4 is 33.5 Å². The first-order chi connectivity index (χ1) is 8.28. The minimum Gasteiger partial charge on any atom is -0.481 e. The lowest BCUT2D eigenvalue weighted by Crippen LogP contribution is -2.35. The van der Waals surface area contributed by atoms with Crippen LogP contribution in [0.4, 0.5) is 0 Å². The molecule has 0 aromatic rings. The van der Waals surface area contributed by atoms with Gasteiger partial charge in [-0.25, -0.2) is 8.42 Å². The Morgan fingerprint density at radius 3 is 2.67 bits per heavy atom. The average Bonchev–Trinajstić information content (AvgIpc) is 2.54. The molecule has 0 saturated carbocycles. The number of carbonyl (C=O) groups is 2. The van der Waals surface area contributed by atoms with Gasteiger partial charge in [-0.1, -0.05) is 0 Å². The van der Waals surface area contributed by atoms with Crippen LogP contribution in [0.1, 0.15) is 19.8 Å². The van der Waals surface area contributed by atoms with Gasteiger partial charge in [0.25, 0.3) is 0 Å². The number of rotatable bonds is 6. The number of hydrogen-bond acceptors (Lipinski definition) is 5. The van der Waals surface area contributed by atoms with Crippen molar-refractivity contribution in [1.82, 2.24) is 5.32 Å². The van der Waals surface area contributed by atoms with Gasteiger partial charge >= 0.3 is 5.97 Å². The molecule has 1 aliphatic heterocycles. The molecule has 0 bridgehead atoms. The normalized spacial score (nSPS) is 23.5. The topological polar surface area (TPSA) is 101 Å². The number of carboxylic acid groups (broad SMARTS) is 1. The summed E-state index contributed by atoms with van der Waals surface area (Å²) in [5.74, 6) is -0.711. The van der Waals surface area contributed by atoms with Crippen molar-refractivity contribution in [3.8, 4) is 0 Å². The largest absolute Gasteiger partial charge is 0.481 e. The maximum Gasteiger partial charge on any atom is 0.305 e. The molecular weight excluding hydrogens is 278 g/mol. The molecule has 1 fully saturated rings. The van der Waals surface area contributed by atoms with E-state index in [2.05, 4.69) is 5.32 Å². The molecule has 2 N–H and O–H groups in total. The van der Waals surface area contributed by atoms with Crippen molar-refractivity contribution in [1.29, 1.82) is 0 Å². The van der Waals surface area contributed by atoms with E-state index in [-0.39, 0.29) is 34.8 Å². The average molecular weight is 295 g/mol. The van der Waals surface area contributed by atoms with E-state index in [0.29, 0.717) is 6.42 Å². The zero-order valence-corrected chi connectivity index (χ0v) is 11.7. The van der Waals surface area contributed by atoms with Crippen LogP contribution in [0, 0.1) is 0 Å². The molecule has 1 aliphatic rings. The van der Waals surface area contributed by atoms with Crippen LogP contribution in [0.2, 0.25) is 0 Å². The van der Waals surface area contributed by atoms with Crippen LogP contribution in [0.15, 0.2) is 0 Å². The molecule has 1 amide bonds. The molecule has 0 spiro atoms. The molecule has 0 aliphatic carbocycles.